The minimum Gasteiger partial charge on any atom is -0.439 e. The standard InChI is InChI=1S/C32H33N9O4S/c33-21-3-1-2-4-22(21)37-32-38-23(26(30(34)43)31-39-36-16-41(31)32)13-19-12-18(11-17-5-6-35-27(17)19)20-15-46-29-24(42)14-25(45-28(20)29)40-7-9-44-10-8-40/h5-6,11-12,14-16,21-22,35H,1-4,7-10,13,33H2,(H2,34,43)(H,37,38)/t21-,22+/m1/s1. The third kappa shape index (κ3) is 4.98. The van der Waals surface area contributed by atoms with Crippen LogP contribution >= 0.6 is 11.3 Å². The average molecular weight is 640 g/mol. The van der Waals surface area contributed by atoms with Crippen molar-refractivity contribution in [3.63, 3.8) is 0 Å². The van der Waals surface area contributed by atoms with E-state index < -0.39 is 5.91 Å². The first-order valence-electron chi connectivity index (χ1n) is 15.5. The summed E-state index contributed by atoms with van der Waals surface area (Å²) in [5.41, 5.74) is 17.4. The topological polar surface area (TPSA) is 183 Å². The lowest BCUT2D eigenvalue weighted by Gasteiger charge is -2.30. The van der Waals surface area contributed by atoms with Crippen molar-refractivity contribution < 1.29 is 13.9 Å². The predicted octanol–water partition coefficient (Wildman–Crippen LogP) is 3.65. The maximum Gasteiger partial charge on any atom is 0.254 e. The summed E-state index contributed by atoms with van der Waals surface area (Å²) in [7, 11) is 0. The number of hydrogen-bond acceptors (Lipinski definition) is 11. The normalized spacial score (nSPS) is 18.9. The first-order valence-corrected chi connectivity index (χ1v) is 16.4. The van der Waals surface area contributed by atoms with Gasteiger partial charge in [0.2, 0.25) is 11.4 Å². The van der Waals surface area contributed by atoms with Gasteiger partial charge in [-0.2, -0.15) is 0 Å². The lowest BCUT2D eigenvalue weighted by molar-refractivity contribution is 0.1000. The number of aromatic nitrogens is 5. The van der Waals surface area contributed by atoms with Crippen molar-refractivity contribution in [3.8, 4) is 11.1 Å². The minimum absolute atomic E-state index is 0.0131. The summed E-state index contributed by atoms with van der Waals surface area (Å²) in [6, 6.07) is 7.69. The fourth-order valence-corrected chi connectivity index (χ4v) is 7.62. The van der Waals surface area contributed by atoms with Crippen molar-refractivity contribution in [2.75, 3.05) is 36.5 Å². The lowest BCUT2D eigenvalue weighted by Crippen LogP contribution is -2.43. The van der Waals surface area contributed by atoms with Gasteiger partial charge in [0.25, 0.3) is 5.91 Å². The van der Waals surface area contributed by atoms with Crippen LogP contribution < -0.4 is 27.1 Å². The zero-order chi connectivity index (χ0) is 31.4. The van der Waals surface area contributed by atoms with E-state index in [0.29, 0.717) is 59.8 Å². The second-order valence-electron chi connectivity index (χ2n) is 12.0. The van der Waals surface area contributed by atoms with Crippen LogP contribution in [0.1, 0.15) is 47.3 Å². The van der Waals surface area contributed by atoms with Gasteiger partial charge in [-0.05, 0) is 42.2 Å². The van der Waals surface area contributed by atoms with Crippen LogP contribution in [0, 0.1) is 0 Å². The predicted molar refractivity (Wildman–Crippen MR) is 177 cm³/mol. The molecule has 1 saturated heterocycles. The molecule has 6 heterocycles. The van der Waals surface area contributed by atoms with Crippen molar-refractivity contribution in [3.05, 3.63) is 69.2 Å². The Hall–Kier alpha value is -4.79. The third-order valence-corrected chi connectivity index (χ3v) is 10.0. The van der Waals surface area contributed by atoms with Gasteiger partial charge in [0.1, 0.15) is 16.6 Å². The number of morpholine rings is 1. The summed E-state index contributed by atoms with van der Waals surface area (Å²) >= 11 is 1.37. The Morgan fingerprint density at radius 2 is 2.02 bits per heavy atom. The second-order valence-corrected chi connectivity index (χ2v) is 12.8. The van der Waals surface area contributed by atoms with Gasteiger partial charge in [0.15, 0.2) is 17.1 Å². The number of primary amides is 1. The smallest absolute Gasteiger partial charge is 0.254 e. The summed E-state index contributed by atoms with van der Waals surface area (Å²) in [4.78, 5) is 36.4. The Bertz CT molecular complexity index is 2160. The van der Waals surface area contributed by atoms with Gasteiger partial charge in [-0.1, -0.05) is 12.8 Å². The molecule has 2 aliphatic rings. The molecule has 1 aromatic carbocycles. The molecular weight excluding hydrogens is 606 g/mol. The number of hydrogen-bond donors (Lipinski definition) is 4. The maximum absolute atomic E-state index is 13.2. The first kappa shape index (κ1) is 28.7. The Balaban J connectivity index is 1.24. The zero-order valence-corrected chi connectivity index (χ0v) is 25.8. The van der Waals surface area contributed by atoms with E-state index >= 15 is 0 Å². The Kier molecular flexibility index (Phi) is 7.19. The van der Waals surface area contributed by atoms with E-state index in [4.69, 9.17) is 25.6 Å². The molecular formula is C32H33N9O4S. The number of anilines is 2. The Morgan fingerprint density at radius 3 is 2.85 bits per heavy atom. The molecule has 0 radical (unpaired) electrons. The van der Waals surface area contributed by atoms with Crippen LogP contribution in [-0.4, -0.2) is 68.9 Å². The van der Waals surface area contributed by atoms with Crippen molar-refractivity contribution in [1.29, 1.82) is 0 Å². The number of amides is 1. The number of carbonyl (C=O) groups is 1. The number of ether oxygens (including phenoxy) is 1. The molecule has 0 unspecified atom stereocenters. The quantitative estimate of drug-likeness (QED) is 0.201. The summed E-state index contributed by atoms with van der Waals surface area (Å²) in [5.74, 6) is 0.419. The van der Waals surface area contributed by atoms with E-state index in [1.165, 1.54) is 17.7 Å². The van der Waals surface area contributed by atoms with Crippen LogP contribution in [0.3, 0.4) is 0 Å². The van der Waals surface area contributed by atoms with Crippen molar-refractivity contribution in [1.82, 2.24) is 24.6 Å². The molecule has 6 aromatic rings. The molecule has 14 heteroatoms. The van der Waals surface area contributed by atoms with Gasteiger partial charge in [-0.3, -0.25) is 14.0 Å². The van der Waals surface area contributed by atoms with Gasteiger partial charge < -0.3 is 35.8 Å². The maximum atomic E-state index is 13.2. The van der Waals surface area contributed by atoms with E-state index in [1.807, 2.05) is 28.6 Å². The van der Waals surface area contributed by atoms with Crippen molar-refractivity contribution in [2.45, 2.75) is 44.2 Å². The van der Waals surface area contributed by atoms with Crippen LogP contribution in [0.15, 0.2) is 51.4 Å². The zero-order valence-electron chi connectivity index (χ0n) is 25.0. The fraction of sp³-hybridized carbons (Fsp3) is 0.344. The Morgan fingerprint density at radius 1 is 1.17 bits per heavy atom. The van der Waals surface area contributed by atoms with Crippen molar-refractivity contribution >= 4 is 55.9 Å². The largest absolute Gasteiger partial charge is 0.439 e. The summed E-state index contributed by atoms with van der Waals surface area (Å²) in [5, 5.41) is 14.8. The number of aromatic amines is 1. The summed E-state index contributed by atoms with van der Waals surface area (Å²) in [6.45, 7) is 2.47. The van der Waals surface area contributed by atoms with Gasteiger partial charge >= 0.3 is 0 Å². The highest BCUT2D eigenvalue weighted by molar-refractivity contribution is 7.17. The van der Waals surface area contributed by atoms with Crippen LogP contribution in [0.5, 0.6) is 0 Å². The molecule has 2 fully saturated rings. The van der Waals surface area contributed by atoms with Crippen LogP contribution in [0.4, 0.5) is 11.8 Å². The van der Waals surface area contributed by atoms with Gasteiger partial charge in [0, 0.05) is 65.7 Å². The number of nitrogens with one attached hydrogen (secondary N) is 2. The summed E-state index contributed by atoms with van der Waals surface area (Å²) in [6.07, 6.45) is 7.71. The molecule has 0 bridgehead atoms. The molecule has 6 N–H and O–H groups in total. The van der Waals surface area contributed by atoms with Crippen LogP contribution in [-0.2, 0) is 11.2 Å². The highest BCUT2D eigenvalue weighted by Crippen LogP contribution is 2.37. The second kappa shape index (κ2) is 11.5. The molecule has 46 heavy (non-hydrogen) atoms. The first-order chi connectivity index (χ1) is 22.4. The number of nitrogens with two attached hydrogens (primary N) is 2. The SMILES string of the molecule is NC(=O)c1c(Cc2cc(-c3csc4c(=O)cc(N5CCOCC5)oc34)cc3cc[nH]c23)nc(N[C@H]2CCCC[C@H]2N)n2cnnc12. The van der Waals surface area contributed by atoms with E-state index in [2.05, 4.69) is 26.6 Å². The molecule has 2 atom stereocenters. The number of rotatable bonds is 7. The lowest BCUT2D eigenvalue weighted by atomic mass is 9.91. The molecule has 1 saturated carbocycles. The number of H-pyrrole nitrogens is 1. The monoisotopic (exact) mass is 639 g/mol. The average Bonchev–Trinajstić information content (AvgIpc) is 3.83. The minimum atomic E-state index is -0.637. The van der Waals surface area contributed by atoms with E-state index in [0.717, 1.165) is 53.3 Å². The number of nitrogens with zero attached hydrogens (tertiary/aromatic N) is 5. The third-order valence-electron chi connectivity index (χ3n) is 9.07. The Labute approximate surface area is 266 Å². The fourth-order valence-electron chi connectivity index (χ4n) is 6.71. The number of benzene rings is 1. The van der Waals surface area contributed by atoms with Crippen LogP contribution in [0.25, 0.3) is 38.0 Å². The molecule has 236 valence electrons. The number of carbonyl (C=O) groups excluding carboxylic acids is 1. The van der Waals surface area contributed by atoms with E-state index in [9.17, 15) is 9.59 Å². The van der Waals surface area contributed by atoms with Crippen molar-refractivity contribution in [2.24, 2.45) is 11.5 Å². The van der Waals surface area contributed by atoms with Gasteiger partial charge in [0.05, 0.1) is 18.9 Å². The number of fused-ring (bicyclic) bond motifs is 3. The highest BCUT2D eigenvalue weighted by atomic mass is 32.1. The van der Waals surface area contributed by atoms with E-state index in [-0.39, 0.29) is 29.5 Å². The van der Waals surface area contributed by atoms with Crippen LogP contribution in [0.2, 0.25) is 0 Å². The van der Waals surface area contributed by atoms with Gasteiger partial charge in [-0.25, -0.2) is 4.98 Å². The van der Waals surface area contributed by atoms with Gasteiger partial charge in [-0.15, -0.1) is 21.5 Å². The molecule has 13 nitrogen and oxygen atoms in total. The number of thiophene rings is 1. The highest BCUT2D eigenvalue weighted by Gasteiger charge is 2.26. The molecule has 8 rings (SSSR count). The molecule has 1 aliphatic carbocycles. The summed E-state index contributed by atoms with van der Waals surface area (Å²) < 4.78 is 14.1. The molecule has 1 aliphatic heterocycles. The van der Waals surface area contributed by atoms with E-state index in [1.54, 1.807) is 10.5 Å². The molecule has 5 aromatic heterocycles. The molecule has 0 spiro atoms. The molecule has 1 amide bonds.